The molecule has 0 spiro atoms. The highest BCUT2D eigenvalue weighted by atomic mass is 16.4. The molecule has 0 amide bonds. The van der Waals surface area contributed by atoms with Crippen molar-refractivity contribution in [3.63, 3.8) is 0 Å². The molecule has 2 aromatic rings. The largest absolute Gasteiger partial charge is 0.481 e. The van der Waals surface area contributed by atoms with Crippen molar-refractivity contribution < 1.29 is 9.90 Å². The third kappa shape index (κ3) is 3.45. The second kappa shape index (κ2) is 6.87. The molecular weight excluding hydrogens is 250 g/mol. The highest BCUT2D eigenvalue weighted by molar-refractivity contribution is 5.77. The zero-order valence-electron chi connectivity index (χ0n) is 11.5. The van der Waals surface area contributed by atoms with Crippen LogP contribution in [-0.4, -0.2) is 18.1 Å². The van der Waals surface area contributed by atoms with Crippen molar-refractivity contribution in [1.82, 2.24) is 5.32 Å². The van der Waals surface area contributed by atoms with Gasteiger partial charge in [-0.2, -0.15) is 0 Å². The van der Waals surface area contributed by atoms with Crippen LogP contribution in [0, 0.1) is 0 Å². The maximum Gasteiger partial charge on any atom is 0.311 e. The highest BCUT2D eigenvalue weighted by Crippen LogP contribution is 2.24. The van der Waals surface area contributed by atoms with Crippen LogP contribution in [0.2, 0.25) is 0 Å². The zero-order valence-corrected chi connectivity index (χ0v) is 11.5. The predicted molar refractivity (Wildman–Crippen MR) is 79.7 cm³/mol. The lowest BCUT2D eigenvalue weighted by molar-refractivity contribution is -0.138. The average molecular weight is 269 g/mol. The van der Waals surface area contributed by atoms with Gasteiger partial charge in [-0.05, 0) is 30.2 Å². The maximum atomic E-state index is 11.6. The van der Waals surface area contributed by atoms with E-state index < -0.39 is 11.9 Å². The van der Waals surface area contributed by atoms with Gasteiger partial charge in [-0.25, -0.2) is 0 Å². The van der Waals surface area contributed by atoms with E-state index in [4.69, 9.17) is 0 Å². The Balaban J connectivity index is 2.32. The van der Waals surface area contributed by atoms with Crippen molar-refractivity contribution in [2.45, 2.75) is 18.9 Å². The summed E-state index contributed by atoms with van der Waals surface area (Å²) in [5.41, 5.74) is 2.97. The number of hydrogen-bond acceptors (Lipinski definition) is 2. The van der Waals surface area contributed by atoms with Gasteiger partial charge in [0.05, 0.1) is 5.92 Å². The number of aliphatic carboxylic acids is 1. The molecule has 0 heterocycles. The average Bonchev–Trinajstić information content (AvgIpc) is 2.47. The number of carbonyl (C=O) groups is 1. The van der Waals surface area contributed by atoms with Gasteiger partial charge in [0.25, 0.3) is 0 Å². The number of carboxylic acids is 1. The molecule has 20 heavy (non-hydrogen) atoms. The van der Waals surface area contributed by atoms with Gasteiger partial charge < -0.3 is 10.4 Å². The third-order valence-corrected chi connectivity index (χ3v) is 3.38. The van der Waals surface area contributed by atoms with E-state index >= 15 is 0 Å². The molecule has 2 aromatic carbocycles. The first-order valence-corrected chi connectivity index (χ1v) is 6.71. The summed E-state index contributed by atoms with van der Waals surface area (Å²) in [6, 6.07) is 17.5. The molecule has 0 saturated heterocycles. The van der Waals surface area contributed by atoms with Crippen LogP contribution in [0.25, 0.3) is 0 Å². The summed E-state index contributed by atoms with van der Waals surface area (Å²) in [5, 5.41) is 12.6. The zero-order chi connectivity index (χ0) is 14.4. The van der Waals surface area contributed by atoms with E-state index in [1.807, 2.05) is 61.6 Å². The predicted octanol–water partition coefficient (Wildman–Crippen LogP) is 2.82. The summed E-state index contributed by atoms with van der Waals surface area (Å²) in [6.45, 7) is 0.675. The Hall–Kier alpha value is -2.13. The normalized spacial score (nSPS) is 12.1. The molecule has 0 radical (unpaired) electrons. The number of hydrogen-bond donors (Lipinski definition) is 2. The summed E-state index contributed by atoms with van der Waals surface area (Å²) < 4.78 is 0. The summed E-state index contributed by atoms with van der Waals surface area (Å²) >= 11 is 0. The number of rotatable bonds is 6. The van der Waals surface area contributed by atoms with E-state index in [1.54, 1.807) is 0 Å². The Morgan fingerprint density at radius 2 is 1.75 bits per heavy atom. The van der Waals surface area contributed by atoms with Crippen LogP contribution in [-0.2, 0) is 17.8 Å². The van der Waals surface area contributed by atoms with Crippen LogP contribution >= 0.6 is 0 Å². The minimum atomic E-state index is -0.780. The fraction of sp³-hybridized carbons (Fsp3) is 0.235. The van der Waals surface area contributed by atoms with Crippen LogP contribution in [0.4, 0.5) is 0 Å². The molecule has 3 heteroatoms. The Kier molecular flexibility index (Phi) is 4.91. The van der Waals surface area contributed by atoms with Crippen LogP contribution < -0.4 is 5.32 Å². The second-order valence-corrected chi connectivity index (χ2v) is 4.81. The molecular formula is C17H19NO2. The van der Waals surface area contributed by atoms with Gasteiger partial charge in [-0.3, -0.25) is 4.79 Å². The quantitative estimate of drug-likeness (QED) is 0.847. The van der Waals surface area contributed by atoms with Crippen molar-refractivity contribution in [3.05, 3.63) is 71.3 Å². The maximum absolute atomic E-state index is 11.6. The van der Waals surface area contributed by atoms with Crippen LogP contribution in [0.15, 0.2) is 54.6 Å². The molecule has 2 rings (SSSR count). The van der Waals surface area contributed by atoms with E-state index in [0.29, 0.717) is 13.0 Å². The molecule has 104 valence electrons. The lowest BCUT2D eigenvalue weighted by atomic mass is 9.89. The van der Waals surface area contributed by atoms with Gasteiger partial charge in [0.2, 0.25) is 0 Å². The van der Waals surface area contributed by atoms with Gasteiger partial charge in [-0.1, -0.05) is 54.6 Å². The fourth-order valence-electron chi connectivity index (χ4n) is 2.41. The standard InChI is InChI=1S/C17H19NO2/c1-18-12-14-9-5-6-10-15(14)16(17(19)20)11-13-7-3-2-4-8-13/h2-10,16,18H,11-12H2,1H3,(H,19,20)/t16-/m1/s1. The van der Waals surface area contributed by atoms with E-state index in [0.717, 1.165) is 16.7 Å². The molecule has 0 bridgehead atoms. The van der Waals surface area contributed by atoms with E-state index in [1.165, 1.54) is 0 Å². The third-order valence-electron chi connectivity index (χ3n) is 3.38. The Labute approximate surface area is 119 Å². The smallest absolute Gasteiger partial charge is 0.311 e. The monoisotopic (exact) mass is 269 g/mol. The van der Waals surface area contributed by atoms with Gasteiger partial charge in [0.15, 0.2) is 0 Å². The van der Waals surface area contributed by atoms with Crippen molar-refractivity contribution in [2.75, 3.05) is 7.05 Å². The first-order chi connectivity index (χ1) is 9.72. The summed E-state index contributed by atoms with van der Waals surface area (Å²) in [5.74, 6) is -1.29. The van der Waals surface area contributed by atoms with E-state index in [2.05, 4.69) is 5.32 Å². The van der Waals surface area contributed by atoms with Gasteiger partial charge in [0.1, 0.15) is 0 Å². The highest BCUT2D eigenvalue weighted by Gasteiger charge is 2.22. The molecule has 0 aliphatic carbocycles. The van der Waals surface area contributed by atoms with Crippen molar-refractivity contribution in [2.24, 2.45) is 0 Å². The molecule has 3 nitrogen and oxygen atoms in total. The van der Waals surface area contributed by atoms with Crippen LogP contribution in [0.5, 0.6) is 0 Å². The first kappa shape index (κ1) is 14.3. The molecule has 0 saturated carbocycles. The number of carboxylic acid groups (broad SMARTS) is 1. The van der Waals surface area contributed by atoms with E-state index in [-0.39, 0.29) is 0 Å². The van der Waals surface area contributed by atoms with Crippen molar-refractivity contribution in [3.8, 4) is 0 Å². The second-order valence-electron chi connectivity index (χ2n) is 4.81. The van der Waals surface area contributed by atoms with Crippen molar-refractivity contribution >= 4 is 5.97 Å². The summed E-state index contributed by atoms with van der Waals surface area (Å²) in [7, 11) is 1.86. The Morgan fingerprint density at radius 3 is 2.40 bits per heavy atom. The molecule has 2 N–H and O–H groups in total. The number of nitrogens with one attached hydrogen (secondary N) is 1. The number of benzene rings is 2. The fourth-order valence-corrected chi connectivity index (χ4v) is 2.41. The lowest BCUT2D eigenvalue weighted by Gasteiger charge is -2.17. The molecule has 0 fully saturated rings. The Bertz CT molecular complexity index is 566. The minimum Gasteiger partial charge on any atom is -0.481 e. The van der Waals surface area contributed by atoms with Gasteiger partial charge in [0, 0.05) is 6.54 Å². The lowest BCUT2D eigenvalue weighted by Crippen LogP contribution is -2.18. The van der Waals surface area contributed by atoms with E-state index in [9.17, 15) is 9.90 Å². The molecule has 0 aliphatic rings. The van der Waals surface area contributed by atoms with Crippen molar-refractivity contribution in [1.29, 1.82) is 0 Å². The molecule has 0 aromatic heterocycles. The van der Waals surface area contributed by atoms with Crippen LogP contribution in [0.1, 0.15) is 22.6 Å². The topological polar surface area (TPSA) is 49.3 Å². The Morgan fingerprint density at radius 1 is 1.10 bits per heavy atom. The minimum absolute atomic E-state index is 0.511. The van der Waals surface area contributed by atoms with Gasteiger partial charge in [-0.15, -0.1) is 0 Å². The molecule has 0 aliphatic heterocycles. The molecule has 0 unspecified atom stereocenters. The summed E-state index contributed by atoms with van der Waals surface area (Å²) in [6.07, 6.45) is 0.511. The van der Waals surface area contributed by atoms with Crippen LogP contribution in [0.3, 0.4) is 0 Å². The molecule has 1 atom stereocenters. The summed E-state index contributed by atoms with van der Waals surface area (Å²) in [4.78, 5) is 11.6. The first-order valence-electron chi connectivity index (χ1n) is 6.71. The SMILES string of the molecule is CNCc1ccccc1[C@@H](Cc1ccccc1)C(=O)O. The van der Waals surface area contributed by atoms with Gasteiger partial charge >= 0.3 is 5.97 Å².